The second-order valence-corrected chi connectivity index (χ2v) is 7.53. The molecule has 1 aliphatic rings. The minimum absolute atomic E-state index is 0.150. The molecule has 1 saturated heterocycles. The Bertz CT molecular complexity index is 704. The summed E-state index contributed by atoms with van der Waals surface area (Å²) in [6, 6.07) is 18.2. The fourth-order valence-electron chi connectivity index (χ4n) is 3.58. The number of rotatable bonds is 7. The highest BCUT2D eigenvalue weighted by atomic mass is 35.5. The maximum atomic E-state index is 12.1. The van der Waals surface area contributed by atoms with Crippen molar-refractivity contribution in [2.75, 3.05) is 19.6 Å². The number of nitrogens with zero attached hydrogens (tertiary/aromatic N) is 1. The van der Waals surface area contributed by atoms with Crippen LogP contribution >= 0.6 is 11.6 Å². The fourth-order valence-corrected chi connectivity index (χ4v) is 3.77. The molecule has 1 amide bonds. The van der Waals surface area contributed by atoms with Crippen LogP contribution < -0.4 is 5.32 Å². The SMILES string of the molecule is O=C(CCc1ccccc1)NC[C@H]1CCCN(Cc2ccccc2Cl)C1. The lowest BCUT2D eigenvalue weighted by Crippen LogP contribution is -2.40. The summed E-state index contributed by atoms with van der Waals surface area (Å²) in [4.78, 5) is 14.6. The van der Waals surface area contributed by atoms with Crippen LogP contribution in [0.3, 0.4) is 0 Å². The quantitative estimate of drug-likeness (QED) is 0.788. The smallest absolute Gasteiger partial charge is 0.220 e. The van der Waals surface area contributed by atoms with Gasteiger partial charge in [0.05, 0.1) is 0 Å². The number of aryl methyl sites for hydroxylation is 1. The second kappa shape index (κ2) is 9.75. The minimum Gasteiger partial charge on any atom is -0.356 e. The van der Waals surface area contributed by atoms with Crippen molar-refractivity contribution in [3.8, 4) is 0 Å². The molecule has 26 heavy (non-hydrogen) atoms. The Morgan fingerprint density at radius 1 is 1.12 bits per heavy atom. The Morgan fingerprint density at radius 2 is 1.88 bits per heavy atom. The molecule has 3 rings (SSSR count). The van der Waals surface area contributed by atoms with Crippen molar-refractivity contribution in [3.63, 3.8) is 0 Å². The molecule has 0 aliphatic carbocycles. The molecule has 138 valence electrons. The predicted octanol–water partition coefficient (Wildman–Crippen LogP) is 4.30. The van der Waals surface area contributed by atoms with Gasteiger partial charge in [0.25, 0.3) is 0 Å². The van der Waals surface area contributed by atoms with Crippen molar-refractivity contribution in [1.82, 2.24) is 10.2 Å². The zero-order valence-electron chi connectivity index (χ0n) is 15.2. The van der Waals surface area contributed by atoms with Crippen molar-refractivity contribution in [3.05, 3.63) is 70.7 Å². The molecular formula is C22H27ClN2O. The van der Waals surface area contributed by atoms with Crippen LogP contribution in [0.2, 0.25) is 5.02 Å². The molecule has 4 heteroatoms. The monoisotopic (exact) mass is 370 g/mol. The van der Waals surface area contributed by atoms with E-state index in [0.717, 1.165) is 37.6 Å². The number of carbonyl (C=O) groups is 1. The van der Waals surface area contributed by atoms with Crippen molar-refractivity contribution >= 4 is 17.5 Å². The molecule has 2 aromatic rings. The van der Waals surface area contributed by atoms with Crippen molar-refractivity contribution < 1.29 is 4.79 Å². The standard InChI is InChI=1S/C22H27ClN2O/c23-21-11-5-4-10-20(21)17-25-14-6-9-19(16-25)15-24-22(26)13-12-18-7-2-1-3-8-18/h1-5,7-8,10-11,19H,6,9,12-17H2,(H,24,26)/t19-/m1/s1. The number of halogens is 1. The largest absolute Gasteiger partial charge is 0.356 e. The maximum absolute atomic E-state index is 12.1. The zero-order valence-corrected chi connectivity index (χ0v) is 15.9. The van der Waals surface area contributed by atoms with Gasteiger partial charge in [0.2, 0.25) is 5.91 Å². The maximum Gasteiger partial charge on any atom is 0.220 e. The van der Waals surface area contributed by atoms with Crippen LogP contribution in [-0.4, -0.2) is 30.4 Å². The number of amides is 1. The Labute approximate surface area is 161 Å². The Kier molecular flexibility index (Phi) is 7.10. The molecule has 0 radical (unpaired) electrons. The van der Waals surface area contributed by atoms with Gasteiger partial charge in [0.1, 0.15) is 0 Å². The number of hydrogen-bond acceptors (Lipinski definition) is 2. The van der Waals surface area contributed by atoms with E-state index in [-0.39, 0.29) is 5.91 Å². The number of carbonyl (C=O) groups excluding carboxylic acids is 1. The van der Waals surface area contributed by atoms with Gasteiger partial charge in [-0.2, -0.15) is 0 Å². The number of piperidine rings is 1. The number of hydrogen-bond donors (Lipinski definition) is 1. The van der Waals surface area contributed by atoms with E-state index in [4.69, 9.17) is 11.6 Å². The summed E-state index contributed by atoms with van der Waals surface area (Å²) in [5.74, 6) is 0.670. The highest BCUT2D eigenvalue weighted by Crippen LogP contribution is 2.21. The van der Waals surface area contributed by atoms with E-state index in [1.165, 1.54) is 24.0 Å². The van der Waals surface area contributed by atoms with Gasteiger partial charge >= 0.3 is 0 Å². The average molecular weight is 371 g/mol. The zero-order chi connectivity index (χ0) is 18.2. The van der Waals surface area contributed by atoms with Gasteiger partial charge in [0, 0.05) is 31.1 Å². The molecule has 0 unspecified atom stereocenters. The van der Waals surface area contributed by atoms with Crippen molar-refractivity contribution in [2.24, 2.45) is 5.92 Å². The van der Waals surface area contributed by atoms with E-state index in [2.05, 4.69) is 28.4 Å². The first-order valence-corrected chi connectivity index (χ1v) is 9.85. The van der Waals surface area contributed by atoms with Crippen LogP contribution in [0.5, 0.6) is 0 Å². The van der Waals surface area contributed by atoms with Gasteiger partial charge in [-0.25, -0.2) is 0 Å². The molecule has 1 fully saturated rings. The third-order valence-corrected chi connectivity index (χ3v) is 5.40. The Morgan fingerprint density at radius 3 is 2.69 bits per heavy atom. The van der Waals surface area contributed by atoms with Gasteiger partial charge in [-0.3, -0.25) is 9.69 Å². The summed E-state index contributed by atoms with van der Waals surface area (Å²) in [6.45, 7) is 3.78. The molecule has 1 heterocycles. The lowest BCUT2D eigenvalue weighted by molar-refractivity contribution is -0.121. The highest BCUT2D eigenvalue weighted by Gasteiger charge is 2.21. The van der Waals surface area contributed by atoms with Gasteiger partial charge in [-0.1, -0.05) is 60.1 Å². The lowest BCUT2D eigenvalue weighted by Gasteiger charge is -2.33. The van der Waals surface area contributed by atoms with Crippen molar-refractivity contribution in [1.29, 1.82) is 0 Å². The summed E-state index contributed by atoms with van der Waals surface area (Å²) in [5, 5.41) is 3.96. The van der Waals surface area contributed by atoms with E-state index < -0.39 is 0 Å². The average Bonchev–Trinajstić information content (AvgIpc) is 2.68. The lowest BCUT2D eigenvalue weighted by atomic mass is 9.97. The summed E-state index contributed by atoms with van der Waals surface area (Å²) in [5.41, 5.74) is 2.40. The molecule has 2 aromatic carbocycles. The molecule has 3 nitrogen and oxygen atoms in total. The van der Waals surface area contributed by atoms with Gasteiger partial charge in [-0.05, 0) is 48.9 Å². The molecular weight excluding hydrogens is 344 g/mol. The van der Waals surface area contributed by atoms with Gasteiger partial charge < -0.3 is 5.32 Å². The van der Waals surface area contributed by atoms with Gasteiger partial charge in [-0.15, -0.1) is 0 Å². The summed E-state index contributed by atoms with van der Waals surface area (Å²) in [7, 11) is 0. The normalized spacial score (nSPS) is 17.8. The molecule has 0 bridgehead atoms. The van der Waals surface area contributed by atoms with E-state index in [1.54, 1.807) is 0 Å². The van der Waals surface area contributed by atoms with Crippen LogP contribution in [0.4, 0.5) is 0 Å². The fraction of sp³-hybridized carbons (Fsp3) is 0.409. The number of benzene rings is 2. The highest BCUT2D eigenvalue weighted by molar-refractivity contribution is 6.31. The first kappa shape index (κ1) is 18.9. The summed E-state index contributed by atoms with van der Waals surface area (Å²) < 4.78 is 0. The predicted molar refractivity (Wildman–Crippen MR) is 107 cm³/mol. The minimum atomic E-state index is 0.150. The van der Waals surface area contributed by atoms with Crippen LogP contribution in [0.25, 0.3) is 0 Å². The van der Waals surface area contributed by atoms with Crippen molar-refractivity contribution in [2.45, 2.75) is 32.2 Å². The summed E-state index contributed by atoms with van der Waals surface area (Å²) >= 11 is 6.28. The van der Waals surface area contributed by atoms with Crippen LogP contribution in [0.15, 0.2) is 54.6 Å². The third kappa shape index (κ3) is 5.86. The summed E-state index contributed by atoms with van der Waals surface area (Å²) in [6.07, 6.45) is 3.71. The number of nitrogens with one attached hydrogen (secondary N) is 1. The molecule has 0 saturated carbocycles. The van der Waals surface area contributed by atoms with Crippen LogP contribution in [0, 0.1) is 5.92 Å². The second-order valence-electron chi connectivity index (χ2n) is 7.12. The third-order valence-electron chi connectivity index (χ3n) is 5.03. The van der Waals surface area contributed by atoms with E-state index in [9.17, 15) is 4.79 Å². The molecule has 1 atom stereocenters. The Balaban J connectivity index is 1.40. The first-order chi connectivity index (χ1) is 12.7. The van der Waals surface area contributed by atoms with Crippen LogP contribution in [-0.2, 0) is 17.8 Å². The molecule has 0 spiro atoms. The topological polar surface area (TPSA) is 32.3 Å². The molecule has 1 N–H and O–H groups in total. The number of likely N-dealkylation sites (tertiary alicyclic amines) is 1. The molecule has 1 aliphatic heterocycles. The van der Waals surface area contributed by atoms with E-state index in [0.29, 0.717) is 12.3 Å². The Hall–Kier alpha value is -1.84. The van der Waals surface area contributed by atoms with Crippen LogP contribution in [0.1, 0.15) is 30.4 Å². The van der Waals surface area contributed by atoms with E-state index in [1.807, 2.05) is 36.4 Å². The van der Waals surface area contributed by atoms with Gasteiger partial charge in [0.15, 0.2) is 0 Å². The van der Waals surface area contributed by atoms with E-state index >= 15 is 0 Å². The first-order valence-electron chi connectivity index (χ1n) is 9.47. The molecule has 0 aromatic heterocycles.